The summed E-state index contributed by atoms with van der Waals surface area (Å²) in [5.74, 6) is -0.153. The minimum absolute atomic E-state index is 0.0201. The van der Waals surface area contributed by atoms with E-state index in [1.54, 1.807) is 0 Å². The molecule has 0 bridgehead atoms. The Morgan fingerprint density at radius 2 is 1.96 bits per heavy atom. The van der Waals surface area contributed by atoms with Crippen LogP contribution in [-0.4, -0.2) is 10.8 Å². The normalized spacial score (nSPS) is 12.5. The van der Waals surface area contributed by atoms with E-state index in [-0.39, 0.29) is 28.5 Å². The third kappa shape index (κ3) is 3.73. The zero-order valence-electron chi connectivity index (χ0n) is 12.0. The van der Waals surface area contributed by atoms with Gasteiger partial charge in [0.15, 0.2) is 0 Å². The second kappa shape index (κ2) is 6.08. The highest BCUT2D eigenvalue weighted by atomic mass is 35.5. The smallest absolute Gasteiger partial charge is 0.417 e. The van der Waals surface area contributed by atoms with Gasteiger partial charge < -0.3 is 9.52 Å². The Bertz CT molecular complexity index is 841. The summed E-state index contributed by atoms with van der Waals surface area (Å²) in [6.45, 7) is 2.86. The molecule has 1 aromatic carbocycles. The quantitative estimate of drug-likeness (QED) is 0.817. The van der Waals surface area contributed by atoms with Crippen LogP contribution in [0.5, 0.6) is 5.75 Å². The Hall–Kier alpha value is -2.28. The molecule has 4 nitrogen and oxygen atoms in total. The molecule has 2 aromatic rings. The zero-order valence-corrected chi connectivity index (χ0v) is 12.8. The van der Waals surface area contributed by atoms with Crippen LogP contribution in [0, 0.1) is 6.92 Å². The van der Waals surface area contributed by atoms with Crippen LogP contribution in [-0.2, 0) is 6.18 Å². The molecule has 0 aliphatic carbocycles. The SMILES string of the molecule is CC(=Nc1ccc(Cl)c(C(F)(F)F)c1)c1c(O)cc(C)oc1=O. The summed E-state index contributed by atoms with van der Waals surface area (Å²) in [6.07, 6.45) is -4.62. The first-order valence-electron chi connectivity index (χ1n) is 6.35. The predicted molar refractivity (Wildman–Crippen MR) is 79.7 cm³/mol. The third-order valence-electron chi connectivity index (χ3n) is 2.97. The first kappa shape index (κ1) is 17.1. The van der Waals surface area contributed by atoms with Crippen LogP contribution < -0.4 is 5.63 Å². The fraction of sp³-hybridized carbons (Fsp3) is 0.200. The van der Waals surface area contributed by atoms with E-state index in [1.807, 2.05) is 0 Å². The molecule has 1 N–H and O–H groups in total. The van der Waals surface area contributed by atoms with Crippen molar-refractivity contribution in [2.24, 2.45) is 4.99 Å². The molecule has 0 radical (unpaired) electrons. The van der Waals surface area contributed by atoms with Gasteiger partial charge in [0.1, 0.15) is 17.1 Å². The molecule has 0 aliphatic rings. The summed E-state index contributed by atoms with van der Waals surface area (Å²) in [5.41, 5.74) is -2.11. The predicted octanol–water partition coefficient (Wildman–Crippen LogP) is 4.47. The van der Waals surface area contributed by atoms with Crippen LogP contribution in [0.2, 0.25) is 5.02 Å². The number of rotatable bonds is 2. The van der Waals surface area contributed by atoms with Crippen molar-refractivity contribution in [3.63, 3.8) is 0 Å². The molecule has 0 atom stereocenters. The van der Waals surface area contributed by atoms with Gasteiger partial charge in [-0.2, -0.15) is 13.2 Å². The van der Waals surface area contributed by atoms with Gasteiger partial charge in [-0.25, -0.2) is 4.79 Å². The number of nitrogens with zero attached hydrogens (tertiary/aromatic N) is 1. The molecule has 0 unspecified atom stereocenters. The van der Waals surface area contributed by atoms with Gasteiger partial charge in [-0.15, -0.1) is 0 Å². The topological polar surface area (TPSA) is 62.8 Å². The van der Waals surface area contributed by atoms with Crippen molar-refractivity contribution in [3.8, 4) is 5.75 Å². The number of hydrogen-bond acceptors (Lipinski definition) is 4. The van der Waals surface area contributed by atoms with Crippen molar-refractivity contribution in [3.05, 3.63) is 56.6 Å². The molecule has 0 saturated heterocycles. The number of halogens is 4. The van der Waals surface area contributed by atoms with Gasteiger partial charge in [0, 0.05) is 6.07 Å². The average molecular weight is 346 g/mol. The number of benzene rings is 1. The second-order valence-electron chi connectivity index (χ2n) is 4.76. The molecular weight excluding hydrogens is 335 g/mol. The zero-order chi connectivity index (χ0) is 17.4. The first-order valence-corrected chi connectivity index (χ1v) is 6.73. The molecule has 2 rings (SSSR count). The molecule has 0 aliphatic heterocycles. The van der Waals surface area contributed by atoms with Crippen molar-refractivity contribution in [2.75, 3.05) is 0 Å². The van der Waals surface area contributed by atoms with Crippen molar-refractivity contribution in [1.82, 2.24) is 0 Å². The van der Waals surface area contributed by atoms with Gasteiger partial charge >= 0.3 is 11.8 Å². The van der Waals surface area contributed by atoms with Crippen molar-refractivity contribution in [1.29, 1.82) is 0 Å². The lowest BCUT2D eigenvalue weighted by Crippen LogP contribution is -2.13. The maximum absolute atomic E-state index is 12.8. The van der Waals surface area contributed by atoms with Crippen LogP contribution in [0.25, 0.3) is 0 Å². The average Bonchev–Trinajstić information content (AvgIpc) is 2.38. The van der Waals surface area contributed by atoms with Gasteiger partial charge in [0.25, 0.3) is 0 Å². The standard InChI is InChI=1S/C15H11ClF3NO3/c1-7-5-12(21)13(14(22)23-7)8(2)20-9-3-4-11(16)10(6-9)15(17,18)19/h3-6,21H,1-2H3. The Morgan fingerprint density at radius 1 is 1.30 bits per heavy atom. The van der Waals surface area contributed by atoms with E-state index in [4.69, 9.17) is 16.0 Å². The Balaban J connectivity index is 2.53. The highest BCUT2D eigenvalue weighted by Crippen LogP contribution is 2.37. The fourth-order valence-electron chi connectivity index (χ4n) is 1.98. The molecule has 0 amide bonds. The van der Waals surface area contributed by atoms with Gasteiger partial charge in [-0.1, -0.05) is 11.6 Å². The van der Waals surface area contributed by atoms with Crippen LogP contribution in [0.1, 0.15) is 23.8 Å². The summed E-state index contributed by atoms with van der Waals surface area (Å²) in [5, 5.41) is 9.35. The molecule has 122 valence electrons. The monoisotopic (exact) mass is 345 g/mol. The van der Waals surface area contributed by atoms with Gasteiger partial charge in [0.05, 0.1) is 22.0 Å². The lowest BCUT2D eigenvalue weighted by molar-refractivity contribution is -0.137. The number of aromatic hydroxyl groups is 1. The van der Waals surface area contributed by atoms with E-state index in [1.165, 1.54) is 26.0 Å². The first-order chi connectivity index (χ1) is 10.6. The maximum atomic E-state index is 12.8. The Labute approximate surface area is 133 Å². The summed E-state index contributed by atoms with van der Waals surface area (Å²) in [7, 11) is 0. The van der Waals surface area contributed by atoms with Crippen LogP contribution >= 0.6 is 11.6 Å². The fourth-order valence-corrected chi connectivity index (χ4v) is 2.20. The Kier molecular flexibility index (Phi) is 4.51. The van der Waals surface area contributed by atoms with Crippen molar-refractivity contribution in [2.45, 2.75) is 20.0 Å². The molecule has 0 fully saturated rings. The van der Waals surface area contributed by atoms with E-state index in [0.29, 0.717) is 0 Å². The number of aryl methyl sites for hydroxylation is 1. The van der Waals surface area contributed by atoms with E-state index in [0.717, 1.165) is 12.1 Å². The number of alkyl halides is 3. The van der Waals surface area contributed by atoms with Crippen molar-refractivity contribution >= 4 is 23.0 Å². The second-order valence-corrected chi connectivity index (χ2v) is 5.17. The van der Waals surface area contributed by atoms with Gasteiger partial charge in [-0.3, -0.25) is 4.99 Å². The molecule has 1 aromatic heterocycles. The number of hydrogen-bond donors (Lipinski definition) is 1. The van der Waals surface area contributed by atoms with Crippen molar-refractivity contribution < 1.29 is 22.7 Å². The van der Waals surface area contributed by atoms with E-state index in [2.05, 4.69) is 4.99 Å². The van der Waals surface area contributed by atoms with Crippen LogP contribution in [0.4, 0.5) is 18.9 Å². The highest BCUT2D eigenvalue weighted by molar-refractivity contribution is 6.31. The lowest BCUT2D eigenvalue weighted by Gasteiger charge is -2.10. The molecule has 1 heterocycles. The molecular formula is C15H11ClF3NO3. The minimum atomic E-state index is -4.62. The van der Waals surface area contributed by atoms with Crippen LogP contribution in [0.15, 0.2) is 38.5 Å². The maximum Gasteiger partial charge on any atom is 0.417 e. The number of aliphatic imine (C=N–C) groups is 1. The largest absolute Gasteiger partial charge is 0.507 e. The molecule has 0 spiro atoms. The molecule has 8 heteroatoms. The Morgan fingerprint density at radius 3 is 2.52 bits per heavy atom. The lowest BCUT2D eigenvalue weighted by atomic mass is 10.1. The van der Waals surface area contributed by atoms with Gasteiger partial charge in [0.2, 0.25) is 0 Å². The third-order valence-corrected chi connectivity index (χ3v) is 3.30. The van der Waals surface area contributed by atoms with Gasteiger partial charge in [-0.05, 0) is 32.0 Å². The highest BCUT2D eigenvalue weighted by Gasteiger charge is 2.33. The van der Waals surface area contributed by atoms with E-state index < -0.39 is 22.4 Å². The molecule has 0 saturated carbocycles. The van der Waals surface area contributed by atoms with E-state index in [9.17, 15) is 23.1 Å². The summed E-state index contributed by atoms with van der Waals surface area (Å²) in [4.78, 5) is 15.7. The molecule has 23 heavy (non-hydrogen) atoms. The summed E-state index contributed by atoms with van der Waals surface area (Å²) < 4.78 is 43.3. The summed E-state index contributed by atoms with van der Waals surface area (Å²) >= 11 is 5.53. The minimum Gasteiger partial charge on any atom is -0.507 e. The van der Waals surface area contributed by atoms with E-state index >= 15 is 0 Å². The van der Waals surface area contributed by atoms with Crippen LogP contribution in [0.3, 0.4) is 0 Å². The summed E-state index contributed by atoms with van der Waals surface area (Å²) in [6, 6.07) is 4.32.